The summed E-state index contributed by atoms with van der Waals surface area (Å²) in [6.07, 6.45) is 2.15. The minimum absolute atomic E-state index is 0.0288. The molecular formula is C24H27N3O6S. The van der Waals surface area contributed by atoms with Gasteiger partial charge in [0.05, 0.1) is 10.5 Å². The van der Waals surface area contributed by atoms with Gasteiger partial charge in [0.1, 0.15) is 5.69 Å². The predicted molar refractivity (Wildman–Crippen MR) is 129 cm³/mol. The van der Waals surface area contributed by atoms with Gasteiger partial charge in [0.15, 0.2) is 6.61 Å². The minimum Gasteiger partial charge on any atom is -0.452 e. The number of benzene rings is 2. The SMILES string of the molecule is C[C@H]1CCCN(c2ccc(C(=O)OCC(=O)NC(=O)CCSc3ccccc3)cc2[N+](=O)[O-])C1. The zero-order valence-corrected chi connectivity index (χ0v) is 19.7. The first kappa shape index (κ1) is 25.2. The van der Waals surface area contributed by atoms with E-state index >= 15 is 0 Å². The fourth-order valence-electron chi connectivity index (χ4n) is 3.72. The Kier molecular flexibility index (Phi) is 9.03. The first-order chi connectivity index (χ1) is 16.3. The van der Waals surface area contributed by atoms with Crippen molar-refractivity contribution in [2.75, 3.05) is 30.3 Å². The summed E-state index contributed by atoms with van der Waals surface area (Å²) in [5.74, 6) is -1.17. The maximum absolute atomic E-state index is 12.4. The number of carbonyl (C=O) groups is 3. The summed E-state index contributed by atoms with van der Waals surface area (Å²) < 4.78 is 4.96. The van der Waals surface area contributed by atoms with E-state index in [4.69, 9.17) is 4.74 Å². The number of nitrogens with zero attached hydrogens (tertiary/aromatic N) is 2. The number of carbonyl (C=O) groups excluding carboxylic acids is 3. The number of anilines is 1. The lowest BCUT2D eigenvalue weighted by Gasteiger charge is -2.32. The normalized spacial score (nSPS) is 15.4. The van der Waals surface area contributed by atoms with Gasteiger partial charge in [-0.05, 0) is 43.0 Å². The molecule has 1 fully saturated rings. The number of nitro groups is 1. The molecule has 2 aromatic carbocycles. The third-order valence-corrected chi connectivity index (χ3v) is 6.37. The summed E-state index contributed by atoms with van der Waals surface area (Å²) >= 11 is 1.49. The molecule has 1 aliphatic heterocycles. The van der Waals surface area contributed by atoms with Gasteiger partial charge in [0, 0.05) is 36.2 Å². The molecule has 1 aliphatic rings. The number of nitrogens with one attached hydrogen (secondary N) is 1. The molecular weight excluding hydrogens is 458 g/mol. The average Bonchev–Trinajstić information content (AvgIpc) is 2.82. The van der Waals surface area contributed by atoms with Crippen molar-refractivity contribution in [3.05, 3.63) is 64.2 Å². The van der Waals surface area contributed by atoms with E-state index in [0.29, 0.717) is 30.4 Å². The van der Waals surface area contributed by atoms with E-state index < -0.39 is 29.3 Å². The third kappa shape index (κ3) is 7.31. The molecule has 34 heavy (non-hydrogen) atoms. The van der Waals surface area contributed by atoms with Crippen LogP contribution in [0.4, 0.5) is 11.4 Å². The quantitative estimate of drug-likeness (QED) is 0.246. The molecule has 9 nitrogen and oxygen atoms in total. The Morgan fingerprint density at radius 1 is 1.18 bits per heavy atom. The van der Waals surface area contributed by atoms with Crippen LogP contribution in [0, 0.1) is 16.0 Å². The third-order valence-electron chi connectivity index (χ3n) is 5.36. The van der Waals surface area contributed by atoms with Crippen LogP contribution >= 0.6 is 11.8 Å². The number of piperidine rings is 1. The van der Waals surface area contributed by atoms with Crippen molar-refractivity contribution in [1.29, 1.82) is 0 Å². The van der Waals surface area contributed by atoms with Gasteiger partial charge in [-0.15, -0.1) is 11.8 Å². The fourth-order valence-corrected chi connectivity index (χ4v) is 4.59. The van der Waals surface area contributed by atoms with Crippen LogP contribution < -0.4 is 10.2 Å². The number of amides is 2. The van der Waals surface area contributed by atoms with E-state index in [9.17, 15) is 24.5 Å². The van der Waals surface area contributed by atoms with E-state index in [1.807, 2.05) is 35.2 Å². The molecule has 0 saturated carbocycles. The average molecular weight is 486 g/mol. The number of hydrogen-bond acceptors (Lipinski definition) is 8. The van der Waals surface area contributed by atoms with Gasteiger partial charge in [-0.2, -0.15) is 0 Å². The van der Waals surface area contributed by atoms with Gasteiger partial charge in [-0.1, -0.05) is 25.1 Å². The monoisotopic (exact) mass is 485 g/mol. The number of imide groups is 1. The first-order valence-corrected chi connectivity index (χ1v) is 12.0. The number of hydrogen-bond donors (Lipinski definition) is 1. The van der Waals surface area contributed by atoms with Crippen LogP contribution in [0.5, 0.6) is 0 Å². The summed E-state index contributed by atoms with van der Waals surface area (Å²) in [7, 11) is 0. The molecule has 2 aromatic rings. The van der Waals surface area contributed by atoms with Gasteiger partial charge < -0.3 is 9.64 Å². The highest BCUT2D eigenvalue weighted by atomic mass is 32.2. The van der Waals surface area contributed by atoms with E-state index in [1.165, 1.54) is 23.9 Å². The van der Waals surface area contributed by atoms with Crippen LogP contribution in [0.3, 0.4) is 0 Å². The highest BCUT2D eigenvalue weighted by molar-refractivity contribution is 7.99. The summed E-state index contributed by atoms with van der Waals surface area (Å²) in [5, 5.41) is 13.8. The number of nitro benzene ring substituents is 1. The lowest BCUT2D eigenvalue weighted by Crippen LogP contribution is -2.35. The molecule has 0 aliphatic carbocycles. The van der Waals surface area contributed by atoms with Crippen molar-refractivity contribution in [2.45, 2.75) is 31.1 Å². The van der Waals surface area contributed by atoms with Crippen molar-refractivity contribution in [3.63, 3.8) is 0 Å². The van der Waals surface area contributed by atoms with Crippen LogP contribution in [0.25, 0.3) is 0 Å². The Morgan fingerprint density at radius 2 is 1.94 bits per heavy atom. The zero-order valence-electron chi connectivity index (χ0n) is 18.9. The number of thioether (sulfide) groups is 1. The van der Waals surface area contributed by atoms with Crippen LogP contribution in [-0.2, 0) is 14.3 Å². The lowest BCUT2D eigenvalue weighted by molar-refractivity contribution is -0.384. The molecule has 0 unspecified atom stereocenters. The molecule has 0 aromatic heterocycles. The Labute approximate surface area is 202 Å². The highest BCUT2D eigenvalue weighted by Crippen LogP contribution is 2.32. The predicted octanol–water partition coefficient (Wildman–Crippen LogP) is 3.81. The van der Waals surface area contributed by atoms with E-state index in [0.717, 1.165) is 17.7 Å². The summed E-state index contributed by atoms with van der Waals surface area (Å²) in [6, 6.07) is 13.7. The van der Waals surface area contributed by atoms with E-state index in [-0.39, 0.29) is 17.7 Å². The summed E-state index contributed by atoms with van der Waals surface area (Å²) in [6.45, 7) is 2.87. The number of esters is 1. The highest BCUT2D eigenvalue weighted by Gasteiger charge is 2.25. The van der Waals surface area contributed by atoms with Crippen LogP contribution in [0.2, 0.25) is 0 Å². The van der Waals surface area contributed by atoms with Crippen LogP contribution in [0.1, 0.15) is 36.5 Å². The molecule has 180 valence electrons. The van der Waals surface area contributed by atoms with Crippen molar-refractivity contribution >= 4 is 40.9 Å². The first-order valence-electron chi connectivity index (χ1n) is 11.0. The van der Waals surface area contributed by atoms with Crippen molar-refractivity contribution in [1.82, 2.24) is 5.32 Å². The second-order valence-corrected chi connectivity index (χ2v) is 9.28. The maximum Gasteiger partial charge on any atom is 0.338 e. The molecule has 0 radical (unpaired) electrons. The maximum atomic E-state index is 12.4. The minimum atomic E-state index is -0.871. The van der Waals surface area contributed by atoms with Crippen LogP contribution in [0.15, 0.2) is 53.4 Å². The van der Waals surface area contributed by atoms with Gasteiger partial charge >= 0.3 is 5.97 Å². The largest absolute Gasteiger partial charge is 0.452 e. The lowest BCUT2D eigenvalue weighted by atomic mass is 9.99. The van der Waals surface area contributed by atoms with Crippen molar-refractivity contribution in [3.8, 4) is 0 Å². The van der Waals surface area contributed by atoms with Gasteiger partial charge in [-0.3, -0.25) is 25.0 Å². The van der Waals surface area contributed by atoms with E-state index in [2.05, 4.69) is 12.2 Å². The Morgan fingerprint density at radius 3 is 2.65 bits per heavy atom. The van der Waals surface area contributed by atoms with Crippen molar-refractivity contribution < 1.29 is 24.0 Å². The zero-order chi connectivity index (χ0) is 24.5. The Balaban J connectivity index is 1.49. The summed E-state index contributed by atoms with van der Waals surface area (Å²) in [4.78, 5) is 50.3. The second-order valence-electron chi connectivity index (χ2n) is 8.11. The second kappa shape index (κ2) is 12.2. The number of ether oxygens (including phenoxy) is 1. The van der Waals surface area contributed by atoms with E-state index in [1.54, 1.807) is 6.07 Å². The molecule has 0 spiro atoms. The molecule has 10 heteroatoms. The number of rotatable bonds is 9. The molecule has 1 N–H and O–H groups in total. The Hall–Kier alpha value is -3.40. The van der Waals surface area contributed by atoms with Gasteiger partial charge in [-0.25, -0.2) is 4.79 Å². The molecule has 1 atom stereocenters. The van der Waals surface area contributed by atoms with Crippen LogP contribution in [-0.4, -0.2) is 48.2 Å². The van der Waals surface area contributed by atoms with Crippen molar-refractivity contribution in [2.24, 2.45) is 5.92 Å². The van der Waals surface area contributed by atoms with Gasteiger partial charge in [0.25, 0.3) is 11.6 Å². The smallest absolute Gasteiger partial charge is 0.338 e. The standard InChI is InChI=1S/C24H27N3O6S/c1-17-6-5-12-26(15-17)20-10-9-18(14-21(20)27(31)32)24(30)33-16-23(29)25-22(28)11-13-34-19-7-3-2-4-8-19/h2-4,7-10,14,17H,5-6,11-13,15-16H2,1H3,(H,25,28,29)/t17-/m0/s1. The molecule has 1 saturated heterocycles. The molecule has 2 amide bonds. The molecule has 0 bridgehead atoms. The fraction of sp³-hybridized carbons (Fsp3) is 0.375. The topological polar surface area (TPSA) is 119 Å². The van der Waals surface area contributed by atoms with Gasteiger partial charge in [0.2, 0.25) is 5.91 Å². The molecule has 1 heterocycles. The summed E-state index contributed by atoms with van der Waals surface area (Å²) in [5.41, 5.74) is 0.253. The molecule has 3 rings (SSSR count). The Bertz CT molecular complexity index is 1050.